The molecular formula is C16H26N2O2S. The first-order valence-corrected chi connectivity index (χ1v) is 9.31. The molecule has 0 aliphatic carbocycles. The Morgan fingerprint density at radius 3 is 2.38 bits per heavy atom. The minimum absolute atomic E-state index is 0.211. The highest BCUT2D eigenvalue weighted by Crippen LogP contribution is 2.25. The van der Waals surface area contributed by atoms with E-state index in [-0.39, 0.29) is 6.54 Å². The quantitative estimate of drug-likeness (QED) is 0.874. The van der Waals surface area contributed by atoms with Crippen molar-refractivity contribution in [3.63, 3.8) is 0 Å². The monoisotopic (exact) mass is 310 g/mol. The molecule has 1 aromatic carbocycles. The Morgan fingerprint density at radius 1 is 1.24 bits per heavy atom. The van der Waals surface area contributed by atoms with Crippen molar-refractivity contribution in [3.8, 4) is 0 Å². The number of piperidine rings is 1. The first-order chi connectivity index (χ1) is 10.1. The Morgan fingerprint density at radius 2 is 1.86 bits per heavy atom. The smallest absolute Gasteiger partial charge is 0.218 e. The number of sulfonamides is 1. The molecule has 0 bridgehead atoms. The van der Waals surface area contributed by atoms with Crippen LogP contribution in [0.1, 0.15) is 31.7 Å². The Kier molecular flexibility index (Phi) is 5.79. The maximum absolute atomic E-state index is 12.5. The van der Waals surface area contributed by atoms with Crippen LogP contribution in [-0.4, -0.2) is 37.6 Å². The molecule has 5 heteroatoms. The molecule has 1 heterocycles. The van der Waals surface area contributed by atoms with Gasteiger partial charge in [0.05, 0.1) is 5.25 Å². The fourth-order valence-corrected chi connectivity index (χ4v) is 4.83. The fourth-order valence-electron chi connectivity index (χ4n) is 3.03. The normalized spacial score (nSPS) is 19.5. The van der Waals surface area contributed by atoms with Gasteiger partial charge in [-0.2, -0.15) is 0 Å². The summed E-state index contributed by atoms with van der Waals surface area (Å²) in [5.74, 6) is 0.580. The van der Waals surface area contributed by atoms with E-state index in [1.54, 1.807) is 4.31 Å². The van der Waals surface area contributed by atoms with Gasteiger partial charge in [0.15, 0.2) is 0 Å². The van der Waals surface area contributed by atoms with E-state index >= 15 is 0 Å². The molecule has 1 fully saturated rings. The largest absolute Gasteiger partial charge is 0.329 e. The molecule has 1 saturated heterocycles. The number of benzene rings is 1. The van der Waals surface area contributed by atoms with Crippen molar-refractivity contribution in [2.45, 2.75) is 37.9 Å². The third kappa shape index (κ3) is 4.05. The van der Waals surface area contributed by atoms with Crippen LogP contribution in [0.3, 0.4) is 0 Å². The van der Waals surface area contributed by atoms with Gasteiger partial charge in [-0.1, -0.05) is 37.3 Å². The van der Waals surface area contributed by atoms with Gasteiger partial charge in [-0.05, 0) is 37.2 Å². The van der Waals surface area contributed by atoms with Crippen LogP contribution in [0.2, 0.25) is 0 Å². The van der Waals surface area contributed by atoms with Crippen LogP contribution >= 0.6 is 0 Å². The number of rotatable bonds is 6. The lowest BCUT2D eigenvalue weighted by molar-refractivity contribution is 0.270. The van der Waals surface area contributed by atoms with Gasteiger partial charge in [0.25, 0.3) is 0 Å². The molecule has 0 radical (unpaired) electrons. The first-order valence-electron chi connectivity index (χ1n) is 7.80. The van der Waals surface area contributed by atoms with Crippen LogP contribution in [-0.2, 0) is 16.4 Å². The van der Waals surface area contributed by atoms with Crippen molar-refractivity contribution in [1.82, 2.24) is 4.31 Å². The second kappa shape index (κ2) is 7.38. The highest BCUT2D eigenvalue weighted by atomic mass is 32.2. The van der Waals surface area contributed by atoms with Crippen LogP contribution in [0.15, 0.2) is 30.3 Å². The fraction of sp³-hybridized carbons (Fsp3) is 0.625. The summed E-state index contributed by atoms with van der Waals surface area (Å²) in [7, 11) is -3.21. The van der Waals surface area contributed by atoms with Crippen molar-refractivity contribution in [3.05, 3.63) is 35.9 Å². The summed E-state index contributed by atoms with van der Waals surface area (Å²) in [5, 5.41) is -0.428. The molecule has 2 rings (SSSR count). The van der Waals surface area contributed by atoms with Gasteiger partial charge in [-0.25, -0.2) is 12.7 Å². The standard InChI is InChI=1S/C16H26N2O2S/c1-2-16(13-17)21(19,20)18-10-8-15(9-11-18)12-14-6-4-3-5-7-14/h3-7,15-16H,2,8-13,17H2,1H3. The molecular weight excluding hydrogens is 284 g/mol. The highest BCUT2D eigenvalue weighted by molar-refractivity contribution is 7.89. The van der Waals surface area contributed by atoms with Crippen molar-refractivity contribution in [2.24, 2.45) is 11.7 Å². The van der Waals surface area contributed by atoms with E-state index in [1.165, 1.54) is 5.56 Å². The molecule has 4 nitrogen and oxygen atoms in total. The average molecular weight is 310 g/mol. The number of hydrogen-bond acceptors (Lipinski definition) is 3. The Balaban J connectivity index is 1.91. The summed E-state index contributed by atoms with van der Waals surface area (Å²) in [6.07, 6.45) is 3.51. The van der Waals surface area contributed by atoms with Gasteiger partial charge in [0.1, 0.15) is 0 Å². The van der Waals surface area contributed by atoms with Gasteiger partial charge in [0, 0.05) is 19.6 Å². The predicted octanol–water partition coefficient (Wildman–Crippen LogP) is 2.01. The summed E-state index contributed by atoms with van der Waals surface area (Å²) >= 11 is 0. The van der Waals surface area contributed by atoms with Crippen LogP contribution in [0.25, 0.3) is 0 Å². The Labute approximate surface area is 128 Å². The molecule has 1 unspecified atom stereocenters. The third-order valence-corrected chi connectivity index (χ3v) is 6.89. The lowest BCUT2D eigenvalue weighted by Gasteiger charge is -2.33. The molecule has 0 amide bonds. The summed E-state index contributed by atoms with van der Waals surface area (Å²) in [6, 6.07) is 10.4. The van der Waals surface area contributed by atoms with Crippen molar-refractivity contribution < 1.29 is 8.42 Å². The summed E-state index contributed by atoms with van der Waals surface area (Å²) in [6.45, 7) is 3.37. The lowest BCUT2D eigenvalue weighted by atomic mass is 9.91. The second-order valence-electron chi connectivity index (χ2n) is 5.84. The van der Waals surface area contributed by atoms with E-state index in [1.807, 2.05) is 13.0 Å². The second-order valence-corrected chi connectivity index (χ2v) is 8.06. The topological polar surface area (TPSA) is 63.4 Å². The van der Waals surface area contributed by atoms with Gasteiger partial charge in [0.2, 0.25) is 10.0 Å². The molecule has 0 aromatic heterocycles. The van der Waals surface area contributed by atoms with Crippen molar-refractivity contribution in [2.75, 3.05) is 19.6 Å². The number of nitrogens with two attached hydrogens (primary N) is 1. The molecule has 1 aromatic rings. The highest BCUT2D eigenvalue weighted by Gasteiger charge is 2.32. The van der Waals surface area contributed by atoms with Crippen molar-refractivity contribution >= 4 is 10.0 Å². The van der Waals surface area contributed by atoms with Crippen LogP contribution < -0.4 is 5.73 Å². The van der Waals surface area contributed by atoms with Gasteiger partial charge < -0.3 is 5.73 Å². The van der Waals surface area contributed by atoms with E-state index in [4.69, 9.17) is 5.73 Å². The predicted molar refractivity (Wildman–Crippen MR) is 86.5 cm³/mol. The van der Waals surface area contributed by atoms with E-state index in [9.17, 15) is 8.42 Å². The molecule has 2 N–H and O–H groups in total. The van der Waals surface area contributed by atoms with E-state index < -0.39 is 15.3 Å². The van der Waals surface area contributed by atoms with Crippen molar-refractivity contribution in [1.29, 1.82) is 0 Å². The first kappa shape index (κ1) is 16.5. The molecule has 1 aliphatic rings. The number of nitrogens with zero attached hydrogens (tertiary/aromatic N) is 1. The average Bonchev–Trinajstić information content (AvgIpc) is 2.50. The van der Waals surface area contributed by atoms with Crippen LogP contribution in [0, 0.1) is 5.92 Å². The summed E-state index contributed by atoms with van der Waals surface area (Å²) in [5.41, 5.74) is 6.94. The lowest BCUT2D eigenvalue weighted by Crippen LogP contribution is -2.45. The minimum Gasteiger partial charge on any atom is -0.329 e. The maximum atomic E-state index is 12.5. The number of hydrogen-bond donors (Lipinski definition) is 1. The van der Waals surface area contributed by atoms with Gasteiger partial charge >= 0.3 is 0 Å². The molecule has 1 aliphatic heterocycles. The maximum Gasteiger partial charge on any atom is 0.218 e. The molecule has 0 spiro atoms. The van der Waals surface area contributed by atoms with Crippen LogP contribution in [0.4, 0.5) is 0 Å². The summed E-state index contributed by atoms with van der Waals surface area (Å²) < 4.78 is 26.6. The zero-order valence-corrected chi connectivity index (χ0v) is 13.6. The molecule has 1 atom stereocenters. The minimum atomic E-state index is -3.21. The van der Waals surface area contributed by atoms with E-state index in [2.05, 4.69) is 24.3 Å². The van der Waals surface area contributed by atoms with Gasteiger partial charge in [-0.3, -0.25) is 0 Å². The van der Waals surface area contributed by atoms with E-state index in [0.717, 1.165) is 19.3 Å². The van der Waals surface area contributed by atoms with E-state index in [0.29, 0.717) is 25.4 Å². The van der Waals surface area contributed by atoms with Crippen LogP contribution in [0.5, 0.6) is 0 Å². The van der Waals surface area contributed by atoms with Gasteiger partial charge in [-0.15, -0.1) is 0 Å². The SMILES string of the molecule is CCC(CN)S(=O)(=O)N1CCC(Cc2ccccc2)CC1. The Hall–Kier alpha value is -0.910. The third-order valence-electron chi connectivity index (χ3n) is 4.44. The Bertz CT molecular complexity index is 518. The molecule has 21 heavy (non-hydrogen) atoms. The zero-order valence-electron chi connectivity index (χ0n) is 12.7. The zero-order chi connectivity index (χ0) is 15.3. The molecule has 0 saturated carbocycles. The molecule has 118 valence electrons. The summed E-state index contributed by atoms with van der Waals surface area (Å²) in [4.78, 5) is 0.